The summed E-state index contributed by atoms with van der Waals surface area (Å²) in [5.41, 5.74) is 0.148. The fraction of sp³-hybridized carbons (Fsp3) is 0.571. The second kappa shape index (κ2) is 5.28. The van der Waals surface area contributed by atoms with E-state index >= 15 is 0 Å². The Balaban J connectivity index is 1.72. The van der Waals surface area contributed by atoms with E-state index in [0.29, 0.717) is 13.2 Å². The van der Waals surface area contributed by atoms with Crippen molar-refractivity contribution >= 4 is 11.9 Å². The van der Waals surface area contributed by atoms with Crippen LogP contribution in [0.15, 0.2) is 18.3 Å². The number of aromatic nitrogens is 1. The van der Waals surface area contributed by atoms with Gasteiger partial charge in [-0.1, -0.05) is 0 Å². The number of carbonyl (C=O) groups excluding carboxylic acids is 1. The third kappa shape index (κ3) is 2.31. The monoisotopic (exact) mass is 278 g/mol. The first-order valence-electron chi connectivity index (χ1n) is 6.96. The molecule has 2 atom stereocenters. The van der Waals surface area contributed by atoms with E-state index < -0.39 is 5.97 Å². The normalized spacial score (nSPS) is 25.5. The van der Waals surface area contributed by atoms with Gasteiger partial charge in [0.2, 0.25) is 5.91 Å². The molecule has 1 aliphatic carbocycles. The molecule has 108 valence electrons. The molecule has 1 aromatic heterocycles. The molecule has 20 heavy (non-hydrogen) atoms. The van der Waals surface area contributed by atoms with E-state index in [4.69, 9.17) is 9.84 Å². The van der Waals surface area contributed by atoms with Crippen LogP contribution < -0.4 is 0 Å². The van der Waals surface area contributed by atoms with Gasteiger partial charge in [-0.05, 0) is 31.4 Å². The van der Waals surface area contributed by atoms with Gasteiger partial charge < -0.3 is 19.3 Å². The van der Waals surface area contributed by atoms with E-state index in [0.717, 1.165) is 19.3 Å². The average Bonchev–Trinajstić information content (AvgIpc) is 3.05. The number of amides is 1. The number of aromatic carboxylic acids is 1. The van der Waals surface area contributed by atoms with Crippen LogP contribution in [-0.2, 0) is 16.1 Å². The Morgan fingerprint density at radius 1 is 1.40 bits per heavy atom. The van der Waals surface area contributed by atoms with Gasteiger partial charge in [0.15, 0.2) is 0 Å². The summed E-state index contributed by atoms with van der Waals surface area (Å²) in [6.45, 7) is 1.26. The van der Waals surface area contributed by atoms with Crippen molar-refractivity contribution in [1.82, 2.24) is 9.47 Å². The molecule has 2 heterocycles. The number of fused-ring (bicyclic) bond motifs is 1. The highest BCUT2D eigenvalue weighted by molar-refractivity contribution is 5.87. The van der Waals surface area contributed by atoms with Crippen LogP contribution in [0.4, 0.5) is 0 Å². The Morgan fingerprint density at radius 2 is 2.25 bits per heavy atom. The molecule has 0 bridgehead atoms. The predicted molar refractivity (Wildman–Crippen MR) is 70.5 cm³/mol. The van der Waals surface area contributed by atoms with Gasteiger partial charge in [0.25, 0.3) is 0 Å². The summed E-state index contributed by atoms with van der Waals surface area (Å²) in [5, 5.41) is 9.06. The van der Waals surface area contributed by atoms with Gasteiger partial charge in [-0.25, -0.2) is 4.79 Å². The maximum atomic E-state index is 12.4. The van der Waals surface area contributed by atoms with Gasteiger partial charge in [0, 0.05) is 12.7 Å². The van der Waals surface area contributed by atoms with Crippen LogP contribution in [0.5, 0.6) is 0 Å². The third-order valence-electron chi connectivity index (χ3n) is 4.16. The molecule has 2 fully saturated rings. The van der Waals surface area contributed by atoms with E-state index in [1.165, 1.54) is 10.6 Å². The Bertz CT molecular complexity index is 525. The second-order valence-corrected chi connectivity index (χ2v) is 5.32. The van der Waals surface area contributed by atoms with Crippen molar-refractivity contribution in [1.29, 1.82) is 0 Å². The van der Waals surface area contributed by atoms with Gasteiger partial charge >= 0.3 is 5.97 Å². The first kappa shape index (κ1) is 13.2. The molecule has 1 saturated heterocycles. The van der Waals surface area contributed by atoms with Gasteiger partial charge in [0.05, 0.1) is 18.8 Å². The van der Waals surface area contributed by atoms with Crippen molar-refractivity contribution in [3.05, 3.63) is 24.0 Å². The molecule has 0 aromatic carbocycles. The Kier molecular flexibility index (Phi) is 3.48. The number of morpholine rings is 1. The largest absolute Gasteiger partial charge is 0.477 e. The molecule has 0 spiro atoms. The van der Waals surface area contributed by atoms with Gasteiger partial charge in [-0.3, -0.25) is 4.79 Å². The van der Waals surface area contributed by atoms with Crippen LogP contribution >= 0.6 is 0 Å². The highest BCUT2D eigenvalue weighted by atomic mass is 16.5. The Morgan fingerprint density at radius 3 is 3.05 bits per heavy atom. The van der Waals surface area contributed by atoms with Crippen molar-refractivity contribution in [3.8, 4) is 0 Å². The zero-order valence-electron chi connectivity index (χ0n) is 11.2. The highest BCUT2D eigenvalue weighted by Crippen LogP contribution is 2.29. The minimum atomic E-state index is -1.01. The highest BCUT2D eigenvalue weighted by Gasteiger charge is 2.38. The second-order valence-electron chi connectivity index (χ2n) is 5.32. The van der Waals surface area contributed by atoms with Gasteiger partial charge in [0.1, 0.15) is 12.2 Å². The van der Waals surface area contributed by atoms with Crippen LogP contribution in [0.2, 0.25) is 0 Å². The number of hydrogen-bond acceptors (Lipinski definition) is 3. The minimum Gasteiger partial charge on any atom is -0.477 e. The lowest BCUT2D eigenvalue weighted by Crippen LogP contribution is -2.52. The predicted octanol–water partition coefficient (Wildman–Crippen LogP) is 0.966. The molecule has 6 nitrogen and oxygen atoms in total. The van der Waals surface area contributed by atoms with Crippen molar-refractivity contribution in [2.75, 3.05) is 13.2 Å². The van der Waals surface area contributed by atoms with Crippen LogP contribution in [0.25, 0.3) is 0 Å². The quantitative estimate of drug-likeness (QED) is 0.894. The average molecular weight is 278 g/mol. The standard InChI is InChI=1S/C14H18N2O4/c17-13(9-15-6-2-4-11(15)14(18)19)16-7-8-20-12-5-1-3-10(12)16/h2,4,6,10,12H,1,3,5,7-9H2,(H,18,19). The lowest BCUT2D eigenvalue weighted by Gasteiger charge is -2.37. The summed E-state index contributed by atoms with van der Waals surface area (Å²) < 4.78 is 7.17. The minimum absolute atomic E-state index is 0.0242. The molecule has 3 rings (SSSR count). The SMILES string of the molecule is O=C(O)c1cccn1CC(=O)N1CCOC2CCCC21. The molecule has 1 aromatic rings. The zero-order chi connectivity index (χ0) is 14.1. The van der Waals surface area contributed by atoms with E-state index in [2.05, 4.69) is 0 Å². The topological polar surface area (TPSA) is 71.8 Å². The van der Waals surface area contributed by atoms with E-state index in [-0.39, 0.29) is 30.3 Å². The first-order chi connectivity index (χ1) is 9.66. The number of carboxylic acids is 1. The van der Waals surface area contributed by atoms with Crippen LogP contribution in [0.3, 0.4) is 0 Å². The van der Waals surface area contributed by atoms with Gasteiger partial charge in [-0.15, -0.1) is 0 Å². The summed E-state index contributed by atoms with van der Waals surface area (Å²) in [6, 6.07) is 3.32. The lowest BCUT2D eigenvalue weighted by atomic mass is 10.1. The molecular formula is C14H18N2O4. The molecule has 1 amide bonds. The lowest BCUT2D eigenvalue weighted by molar-refractivity contribution is -0.144. The molecule has 1 aliphatic heterocycles. The number of carboxylic acid groups (broad SMARTS) is 1. The summed E-state index contributed by atoms with van der Waals surface area (Å²) in [6.07, 6.45) is 4.87. The molecule has 6 heteroatoms. The molecule has 2 unspecified atom stereocenters. The molecule has 1 N–H and O–H groups in total. The van der Waals surface area contributed by atoms with Crippen LogP contribution in [-0.4, -0.2) is 51.7 Å². The van der Waals surface area contributed by atoms with Crippen molar-refractivity contribution in [2.24, 2.45) is 0 Å². The Labute approximate surface area is 116 Å². The fourth-order valence-electron chi connectivity index (χ4n) is 3.22. The molecule has 2 aliphatic rings. The maximum absolute atomic E-state index is 12.4. The summed E-state index contributed by atoms with van der Waals surface area (Å²) in [7, 11) is 0. The number of nitrogens with zero attached hydrogens (tertiary/aromatic N) is 2. The van der Waals surface area contributed by atoms with E-state index in [1.807, 2.05) is 4.90 Å². The summed E-state index contributed by atoms with van der Waals surface area (Å²) >= 11 is 0. The van der Waals surface area contributed by atoms with E-state index in [9.17, 15) is 9.59 Å². The van der Waals surface area contributed by atoms with Gasteiger partial charge in [-0.2, -0.15) is 0 Å². The van der Waals surface area contributed by atoms with E-state index in [1.54, 1.807) is 12.3 Å². The fourth-order valence-corrected chi connectivity index (χ4v) is 3.22. The number of carbonyl (C=O) groups is 2. The third-order valence-corrected chi connectivity index (χ3v) is 4.16. The number of rotatable bonds is 3. The number of ether oxygens (including phenoxy) is 1. The zero-order valence-corrected chi connectivity index (χ0v) is 11.2. The van der Waals surface area contributed by atoms with Crippen molar-refractivity contribution in [2.45, 2.75) is 38.0 Å². The van der Waals surface area contributed by atoms with Crippen molar-refractivity contribution in [3.63, 3.8) is 0 Å². The van der Waals surface area contributed by atoms with Crippen molar-refractivity contribution < 1.29 is 19.4 Å². The number of hydrogen-bond donors (Lipinski definition) is 1. The maximum Gasteiger partial charge on any atom is 0.352 e. The van der Waals surface area contributed by atoms with Crippen LogP contribution in [0.1, 0.15) is 29.8 Å². The molecular weight excluding hydrogens is 260 g/mol. The van der Waals surface area contributed by atoms with Crippen LogP contribution in [0, 0.1) is 0 Å². The molecule has 1 saturated carbocycles. The Hall–Kier alpha value is -1.82. The smallest absolute Gasteiger partial charge is 0.352 e. The summed E-state index contributed by atoms with van der Waals surface area (Å²) in [4.78, 5) is 25.4. The summed E-state index contributed by atoms with van der Waals surface area (Å²) in [5.74, 6) is -1.03. The first-order valence-corrected chi connectivity index (χ1v) is 6.96. The molecule has 0 radical (unpaired) electrons.